The zero-order valence-electron chi connectivity index (χ0n) is 15.1. The molecule has 0 bridgehead atoms. The Morgan fingerprint density at radius 3 is 2.45 bits per heavy atom. The Kier molecular flexibility index (Phi) is 6.92. The number of carbonyl (C=O) groups is 2. The summed E-state index contributed by atoms with van der Waals surface area (Å²) in [5.41, 5.74) is 0.275. The van der Waals surface area contributed by atoms with Crippen molar-refractivity contribution in [1.29, 1.82) is 0 Å². The van der Waals surface area contributed by atoms with Crippen LogP contribution in [0.2, 0.25) is 10.0 Å². The fourth-order valence-electron chi connectivity index (χ4n) is 2.71. The smallest absolute Gasteiger partial charge is 0.338 e. The van der Waals surface area contributed by atoms with Gasteiger partial charge >= 0.3 is 5.97 Å². The van der Waals surface area contributed by atoms with E-state index in [1.807, 2.05) is 0 Å². The molecule has 0 unspecified atom stereocenters. The first-order valence-corrected chi connectivity index (χ1v) is 10.8. The number of ketones is 1. The van der Waals surface area contributed by atoms with Gasteiger partial charge in [0.2, 0.25) is 10.0 Å². The molecule has 1 fully saturated rings. The number of rotatable bonds is 6. The predicted octanol–water partition coefficient (Wildman–Crippen LogP) is 3.05. The van der Waals surface area contributed by atoms with Crippen LogP contribution in [0.25, 0.3) is 0 Å². The Hall–Kier alpha value is -1.97. The molecule has 0 spiro atoms. The van der Waals surface area contributed by atoms with Gasteiger partial charge in [-0.3, -0.25) is 4.79 Å². The number of nitrogens with zero attached hydrogens (tertiary/aromatic N) is 1. The molecule has 0 aliphatic carbocycles. The molecule has 0 N–H and O–H groups in total. The maximum Gasteiger partial charge on any atom is 0.338 e. The number of sulfonamides is 1. The van der Waals surface area contributed by atoms with E-state index in [9.17, 15) is 18.0 Å². The summed E-state index contributed by atoms with van der Waals surface area (Å²) in [5, 5.41) is 0.376. The van der Waals surface area contributed by atoms with Crippen molar-refractivity contribution in [2.45, 2.75) is 4.90 Å². The number of benzene rings is 2. The molecule has 1 heterocycles. The number of hydrogen-bond donors (Lipinski definition) is 0. The van der Waals surface area contributed by atoms with Gasteiger partial charge in [-0.25, -0.2) is 13.2 Å². The third kappa shape index (κ3) is 5.15. The summed E-state index contributed by atoms with van der Waals surface area (Å²) < 4.78 is 37.1. The van der Waals surface area contributed by atoms with Crippen molar-refractivity contribution in [1.82, 2.24) is 4.31 Å². The van der Waals surface area contributed by atoms with E-state index in [0.717, 1.165) is 6.07 Å². The van der Waals surface area contributed by atoms with E-state index < -0.39 is 28.4 Å². The van der Waals surface area contributed by atoms with Crippen LogP contribution in [0.3, 0.4) is 0 Å². The third-order valence-corrected chi connectivity index (χ3v) is 6.85. The van der Waals surface area contributed by atoms with Gasteiger partial charge in [-0.15, -0.1) is 0 Å². The van der Waals surface area contributed by atoms with Crippen molar-refractivity contribution in [3.05, 3.63) is 63.6 Å². The summed E-state index contributed by atoms with van der Waals surface area (Å²) >= 11 is 11.9. The quantitative estimate of drug-likeness (QED) is 0.488. The van der Waals surface area contributed by atoms with Crippen molar-refractivity contribution in [3.8, 4) is 0 Å². The highest BCUT2D eigenvalue weighted by Crippen LogP contribution is 2.27. The molecule has 3 rings (SSSR count). The van der Waals surface area contributed by atoms with Crippen molar-refractivity contribution in [2.24, 2.45) is 0 Å². The normalized spacial score (nSPS) is 15.1. The van der Waals surface area contributed by atoms with Crippen LogP contribution in [0.5, 0.6) is 0 Å². The molecule has 7 nitrogen and oxygen atoms in total. The molecule has 10 heteroatoms. The van der Waals surface area contributed by atoms with Gasteiger partial charge in [0.25, 0.3) is 0 Å². The Bertz CT molecular complexity index is 1030. The van der Waals surface area contributed by atoms with E-state index >= 15 is 0 Å². The molecule has 2 aromatic carbocycles. The summed E-state index contributed by atoms with van der Waals surface area (Å²) in [5.74, 6) is -1.27. The number of Topliss-reactive ketones (excluding diaryl/α,β-unsaturated/α-hetero) is 1. The molecule has 0 atom stereocenters. The number of morpholine rings is 1. The summed E-state index contributed by atoms with van der Waals surface area (Å²) in [6.07, 6.45) is 0. The van der Waals surface area contributed by atoms with Crippen LogP contribution in [0.4, 0.5) is 0 Å². The van der Waals surface area contributed by atoms with Crippen molar-refractivity contribution < 1.29 is 27.5 Å². The van der Waals surface area contributed by atoms with Crippen LogP contribution in [-0.2, 0) is 19.5 Å². The number of ether oxygens (including phenoxy) is 2. The van der Waals surface area contributed by atoms with Gasteiger partial charge < -0.3 is 9.47 Å². The second-order valence-corrected chi connectivity index (χ2v) is 8.92. The van der Waals surface area contributed by atoms with Gasteiger partial charge in [0, 0.05) is 23.7 Å². The summed E-state index contributed by atoms with van der Waals surface area (Å²) in [6, 6.07) is 10.1. The SMILES string of the molecule is O=C(COC(=O)c1ccc(Cl)c(S(=O)(=O)N2CCOCC2)c1)c1cccc(Cl)c1. The summed E-state index contributed by atoms with van der Waals surface area (Å²) in [4.78, 5) is 24.3. The van der Waals surface area contributed by atoms with E-state index in [0.29, 0.717) is 10.6 Å². The summed E-state index contributed by atoms with van der Waals surface area (Å²) in [6.45, 7) is 0.449. The lowest BCUT2D eigenvalue weighted by Gasteiger charge is -2.26. The number of halogens is 2. The summed E-state index contributed by atoms with van der Waals surface area (Å²) in [7, 11) is -3.90. The van der Waals surface area contributed by atoms with Gasteiger partial charge in [0.15, 0.2) is 12.4 Å². The molecule has 2 aromatic rings. The number of hydrogen-bond acceptors (Lipinski definition) is 6. The van der Waals surface area contributed by atoms with Gasteiger partial charge in [-0.05, 0) is 30.3 Å². The second kappa shape index (κ2) is 9.23. The minimum atomic E-state index is -3.90. The molecule has 1 aliphatic heterocycles. The highest BCUT2D eigenvalue weighted by molar-refractivity contribution is 7.89. The Morgan fingerprint density at radius 2 is 1.76 bits per heavy atom. The first-order valence-electron chi connectivity index (χ1n) is 8.62. The van der Waals surface area contributed by atoms with Crippen LogP contribution >= 0.6 is 23.2 Å². The topological polar surface area (TPSA) is 90.0 Å². The minimum absolute atomic E-state index is 0.0111. The molecule has 29 heavy (non-hydrogen) atoms. The zero-order valence-corrected chi connectivity index (χ0v) is 17.5. The lowest BCUT2D eigenvalue weighted by atomic mass is 10.1. The first-order chi connectivity index (χ1) is 13.8. The fraction of sp³-hybridized carbons (Fsp3) is 0.263. The van der Waals surface area contributed by atoms with Gasteiger partial charge in [-0.2, -0.15) is 4.31 Å². The molecule has 1 aliphatic rings. The van der Waals surface area contributed by atoms with E-state index in [2.05, 4.69) is 0 Å². The standard InChI is InChI=1S/C19H17Cl2NO6S/c20-15-3-1-2-13(10-15)17(23)12-28-19(24)14-4-5-16(21)18(11-14)29(25,26)22-6-8-27-9-7-22/h1-5,10-11H,6-9,12H2. The second-order valence-electron chi connectivity index (χ2n) is 6.17. The molecule has 1 saturated heterocycles. The Labute approximate surface area is 178 Å². The monoisotopic (exact) mass is 457 g/mol. The maximum absolute atomic E-state index is 12.8. The van der Waals surface area contributed by atoms with E-state index in [1.54, 1.807) is 18.2 Å². The molecule has 0 radical (unpaired) electrons. The fourth-order valence-corrected chi connectivity index (χ4v) is 4.81. The van der Waals surface area contributed by atoms with Crippen molar-refractivity contribution >= 4 is 45.0 Å². The van der Waals surface area contributed by atoms with Gasteiger partial charge in [0.1, 0.15) is 4.90 Å². The molecular weight excluding hydrogens is 441 g/mol. The van der Waals surface area contributed by atoms with Crippen LogP contribution in [0.15, 0.2) is 47.4 Å². The first kappa shape index (κ1) is 21.7. The van der Waals surface area contributed by atoms with Crippen LogP contribution in [0, 0.1) is 0 Å². The van der Waals surface area contributed by atoms with Crippen LogP contribution in [-0.4, -0.2) is 57.4 Å². The molecular formula is C19H17Cl2NO6S. The van der Waals surface area contributed by atoms with Gasteiger partial charge in [0.05, 0.1) is 23.8 Å². The molecule has 0 saturated carbocycles. The molecule has 154 valence electrons. The van der Waals surface area contributed by atoms with Crippen molar-refractivity contribution in [2.75, 3.05) is 32.9 Å². The lowest BCUT2D eigenvalue weighted by molar-refractivity contribution is 0.0474. The average Bonchev–Trinajstić information content (AvgIpc) is 2.72. The number of esters is 1. The number of carbonyl (C=O) groups excluding carboxylic acids is 2. The largest absolute Gasteiger partial charge is 0.454 e. The molecule has 0 aromatic heterocycles. The lowest BCUT2D eigenvalue weighted by Crippen LogP contribution is -2.40. The molecule has 0 amide bonds. The highest BCUT2D eigenvalue weighted by Gasteiger charge is 2.29. The van der Waals surface area contributed by atoms with Gasteiger partial charge in [-0.1, -0.05) is 35.3 Å². The Balaban J connectivity index is 1.74. The zero-order chi connectivity index (χ0) is 21.0. The highest BCUT2D eigenvalue weighted by atomic mass is 35.5. The maximum atomic E-state index is 12.8. The van der Waals surface area contributed by atoms with Crippen LogP contribution in [0.1, 0.15) is 20.7 Å². The van der Waals surface area contributed by atoms with Crippen LogP contribution < -0.4 is 0 Å². The van der Waals surface area contributed by atoms with E-state index in [4.69, 9.17) is 32.7 Å². The predicted molar refractivity (Wildman–Crippen MR) is 107 cm³/mol. The third-order valence-electron chi connectivity index (χ3n) is 4.24. The minimum Gasteiger partial charge on any atom is -0.454 e. The average molecular weight is 458 g/mol. The van der Waals surface area contributed by atoms with E-state index in [1.165, 1.54) is 22.5 Å². The van der Waals surface area contributed by atoms with Crippen molar-refractivity contribution in [3.63, 3.8) is 0 Å². The van der Waals surface area contributed by atoms with E-state index in [-0.39, 0.29) is 41.8 Å². The Morgan fingerprint density at radius 1 is 1.03 bits per heavy atom.